The number of hydrogen-bond donors (Lipinski definition) is 2. The number of aryl methyl sites for hydroxylation is 2. The largest absolute Gasteiger partial charge is 0.338 e. The maximum Gasteiger partial charge on any atom is 0.108 e. The van der Waals surface area contributed by atoms with Crippen LogP contribution in [-0.4, -0.2) is 40.1 Å². The Morgan fingerprint density at radius 3 is 2.60 bits per heavy atom. The summed E-state index contributed by atoms with van der Waals surface area (Å²) in [6, 6.07) is 0.314. The van der Waals surface area contributed by atoms with Gasteiger partial charge in [-0.05, 0) is 33.4 Å². The first kappa shape index (κ1) is 15.5. The van der Waals surface area contributed by atoms with Crippen molar-refractivity contribution >= 4 is 0 Å². The molecule has 1 atom stereocenters. The molecule has 0 amide bonds. The molecule has 0 saturated heterocycles. The molecule has 114 valence electrons. The van der Waals surface area contributed by atoms with E-state index in [1.165, 1.54) is 32.1 Å². The normalized spacial score (nSPS) is 20.2. The van der Waals surface area contributed by atoms with E-state index in [0.717, 1.165) is 18.7 Å². The van der Waals surface area contributed by atoms with Gasteiger partial charge in [0.2, 0.25) is 0 Å². The zero-order chi connectivity index (χ0) is 14.6. The number of nitrogens with two attached hydrogens (primary N) is 1. The number of hydrogen-bond acceptors (Lipinski definition) is 4. The van der Waals surface area contributed by atoms with Crippen LogP contribution in [0, 0.1) is 0 Å². The zero-order valence-electron chi connectivity index (χ0n) is 13.1. The summed E-state index contributed by atoms with van der Waals surface area (Å²) in [4.78, 5) is 6.80. The molecule has 0 spiro atoms. The molecule has 3 N–H and O–H groups in total. The van der Waals surface area contributed by atoms with Gasteiger partial charge in [0, 0.05) is 37.4 Å². The Labute approximate surface area is 122 Å². The van der Waals surface area contributed by atoms with Gasteiger partial charge in [0.05, 0.1) is 0 Å². The highest BCUT2D eigenvalue weighted by Crippen LogP contribution is 2.36. The van der Waals surface area contributed by atoms with Crippen LogP contribution in [-0.2, 0) is 13.5 Å². The van der Waals surface area contributed by atoms with Crippen LogP contribution in [0.15, 0.2) is 12.4 Å². The van der Waals surface area contributed by atoms with Crippen molar-refractivity contribution < 1.29 is 0 Å². The second-order valence-corrected chi connectivity index (χ2v) is 6.27. The zero-order valence-corrected chi connectivity index (χ0v) is 13.1. The summed E-state index contributed by atoms with van der Waals surface area (Å²) in [5.74, 6) is 7.03. The topological polar surface area (TPSA) is 59.1 Å². The first-order valence-electron chi connectivity index (χ1n) is 7.70. The number of nitrogens with zero attached hydrogens (tertiary/aromatic N) is 3. The molecule has 1 unspecified atom stereocenters. The molecule has 0 radical (unpaired) electrons. The molecule has 1 fully saturated rings. The minimum absolute atomic E-state index is 0.193. The van der Waals surface area contributed by atoms with Gasteiger partial charge < -0.3 is 9.47 Å². The van der Waals surface area contributed by atoms with E-state index >= 15 is 0 Å². The van der Waals surface area contributed by atoms with Crippen LogP contribution in [0.2, 0.25) is 0 Å². The lowest BCUT2D eigenvalue weighted by Crippen LogP contribution is -2.61. The summed E-state index contributed by atoms with van der Waals surface area (Å²) in [6.07, 6.45) is 12.3. The van der Waals surface area contributed by atoms with E-state index in [4.69, 9.17) is 5.84 Å². The molecule has 1 aromatic heterocycles. The number of imidazole rings is 1. The van der Waals surface area contributed by atoms with E-state index in [0.29, 0.717) is 6.04 Å². The first-order chi connectivity index (χ1) is 9.60. The van der Waals surface area contributed by atoms with E-state index in [9.17, 15) is 0 Å². The number of rotatable bonds is 6. The van der Waals surface area contributed by atoms with Crippen molar-refractivity contribution in [3.63, 3.8) is 0 Å². The molecular weight excluding hydrogens is 250 g/mol. The Morgan fingerprint density at radius 2 is 2.10 bits per heavy atom. The van der Waals surface area contributed by atoms with Gasteiger partial charge in [-0.25, -0.2) is 4.98 Å². The number of nitrogens with one attached hydrogen (secondary N) is 1. The molecule has 1 heterocycles. The minimum atomic E-state index is 0.193. The Hall–Kier alpha value is -0.910. The summed E-state index contributed by atoms with van der Waals surface area (Å²) in [5.41, 5.74) is 3.29. The Balaban J connectivity index is 2.06. The van der Waals surface area contributed by atoms with Gasteiger partial charge in [0.1, 0.15) is 5.82 Å². The third-order valence-corrected chi connectivity index (χ3v) is 5.04. The number of aromatic nitrogens is 2. The van der Waals surface area contributed by atoms with Crippen LogP contribution >= 0.6 is 0 Å². The van der Waals surface area contributed by atoms with Crippen LogP contribution in [0.5, 0.6) is 0 Å². The standard InChI is InChI=1S/C15H29N5/c1-19(2)15(9-5-4-6-10-15)13(18-16)7-8-14-17-11-12-20(14)3/h11-13,18H,4-10,16H2,1-3H3. The van der Waals surface area contributed by atoms with Crippen molar-refractivity contribution in [2.24, 2.45) is 12.9 Å². The van der Waals surface area contributed by atoms with Gasteiger partial charge in [0.15, 0.2) is 0 Å². The van der Waals surface area contributed by atoms with E-state index < -0.39 is 0 Å². The summed E-state index contributed by atoms with van der Waals surface area (Å²) in [7, 11) is 6.43. The lowest BCUT2D eigenvalue weighted by atomic mass is 9.74. The molecule has 1 aliphatic carbocycles. The van der Waals surface area contributed by atoms with E-state index in [1.54, 1.807) is 0 Å². The van der Waals surface area contributed by atoms with Gasteiger partial charge >= 0.3 is 0 Å². The fourth-order valence-corrected chi connectivity index (χ4v) is 3.69. The Bertz CT molecular complexity index is 406. The van der Waals surface area contributed by atoms with Crippen molar-refractivity contribution in [3.8, 4) is 0 Å². The molecule has 5 nitrogen and oxygen atoms in total. The second-order valence-electron chi connectivity index (χ2n) is 6.27. The average molecular weight is 279 g/mol. The number of likely N-dealkylation sites (N-methyl/N-ethyl adjacent to an activating group) is 1. The molecule has 2 rings (SSSR count). The summed E-state index contributed by atoms with van der Waals surface area (Å²) in [6.45, 7) is 0. The molecular formula is C15H29N5. The number of hydrazine groups is 1. The molecule has 1 saturated carbocycles. The molecule has 1 aromatic rings. The SMILES string of the molecule is CN(C)C1(C(CCc2nccn2C)NN)CCCCC1. The van der Waals surface area contributed by atoms with Crippen LogP contribution in [0.3, 0.4) is 0 Å². The minimum Gasteiger partial charge on any atom is -0.338 e. The van der Waals surface area contributed by atoms with Crippen molar-refractivity contribution in [2.45, 2.75) is 56.5 Å². The van der Waals surface area contributed by atoms with Crippen LogP contribution in [0.4, 0.5) is 0 Å². The molecule has 20 heavy (non-hydrogen) atoms. The van der Waals surface area contributed by atoms with E-state index in [-0.39, 0.29) is 5.54 Å². The third-order valence-electron chi connectivity index (χ3n) is 5.04. The Kier molecular flexibility index (Phi) is 5.18. The maximum absolute atomic E-state index is 5.90. The lowest BCUT2D eigenvalue weighted by molar-refractivity contribution is 0.0533. The Morgan fingerprint density at radius 1 is 1.40 bits per heavy atom. The molecule has 0 bridgehead atoms. The van der Waals surface area contributed by atoms with Gasteiger partial charge in [-0.15, -0.1) is 0 Å². The monoisotopic (exact) mass is 279 g/mol. The smallest absolute Gasteiger partial charge is 0.108 e. The molecule has 0 aromatic carbocycles. The van der Waals surface area contributed by atoms with Gasteiger partial charge in [-0.1, -0.05) is 19.3 Å². The van der Waals surface area contributed by atoms with Crippen molar-refractivity contribution in [3.05, 3.63) is 18.2 Å². The third kappa shape index (κ3) is 3.05. The maximum atomic E-state index is 5.90. The van der Waals surface area contributed by atoms with Crippen LogP contribution < -0.4 is 11.3 Å². The first-order valence-corrected chi connectivity index (χ1v) is 7.70. The van der Waals surface area contributed by atoms with Gasteiger partial charge in [-0.3, -0.25) is 11.3 Å². The highest BCUT2D eigenvalue weighted by atomic mass is 15.3. The predicted octanol–water partition coefficient (Wildman–Crippen LogP) is 1.45. The van der Waals surface area contributed by atoms with Crippen molar-refractivity contribution in [1.29, 1.82) is 0 Å². The predicted molar refractivity (Wildman–Crippen MR) is 82.1 cm³/mol. The quantitative estimate of drug-likeness (QED) is 0.611. The van der Waals surface area contributed by atoms with Gasteiger partial charge in [-0.2, -0.15) is 0 Å². The summed E-state index contributed by atoms with van der Waals surface area (Å²) >= 11 is 0. The van der Waals surface area contributed by atoms with Gasteiger partial charge in [0.25, 0.3) is 0 Å². The van der Waals surface area contributed by atoms with Crippen molar-refractivity contribution in [2.75, 3.05) is 14.1 Å². The summed E-state index contributed by atoms with van der Waals surface area (Å²) in [5, 5.41) is 0. The fraction of sp³-hybridized carbons (Fsp3) is 0.800. The van der Waals surface area contributed by atoms with Crippen LogP contribution in [0.25, 0.3) is 0 Å². The lowest BCUT2D eigenvalue weighted by Gasteiger charge is -2.48. The highest BCUT2D eigenvalue weighted by molar-refractivity contribution is 5.02. The van der Waals surface area contributed by atoms with Crippen molar-refractivity contribution in [1.82, 2.24) is 19.9 Å². The molecule has 1 aliphatic rings. The average Bonchev–Trinajstić information content (AvgIpc) is 2.86. The fourth-order valence-electron chi connectivity index (χ4n) is 3.69. The molecule has 0 aliphatic heterocycles. The second kappa shape index (κ2) is 6.70. The van der Waals surface area contributed by atoms with E-state index in [1.807, 2.05) is 12.4 Å². The summed E-state index contributed by atoms with van der Waals surface area (Å²) < 4.78 is 2.09. The van der Waals surface area contributed by atoms with Crippen LogP contribution in [0.1, 0.15) is 44.3 Å². The van der Waals surface area contributed by atoms with E-state index in [2.05, 4.69) is 41.0 Å². The highest BCUT2D eigenvalue weighted by Gasteiger charge is 2.41. The molecule has 5 heteroatoms.